The highest BCUT2D eigenvalue weighted by Crippen LogP contribution is 2.16. The summed E-state index contributed by atoms with van der Waals surface area (Å²) < 4.78 is 47.4. The van der Waals surface area contributed by atoms with E-state index < -0.39 is 27.8 Å². The zero-order chi connectivity index (χ0) is 13.1. The molecule has 1 unspecified atom stereocenters. The second-order valence-corrected chi connectivity index (χ2v) is 4.79. The highest BCUT2D eigenvalue weighted by molar-refractivity contribution is 7.89. The first-order valence-electron chi connectivity index (χ1n) is 4.41. The predicted octanol–water partition coefficient (Wildman–Crippen LogP) is 0.954. The number of rotatable bonds is 5. The van der Waals surface area contributed by atoms with Crippen molar-refractivity contribution in [3.63, 3.8) is 0 Å². The monoisotopic (exact) mass is 265 g/mol. The molecular weight excluding hydrogens is 256 g/mol. The van der Waals surface area contributed by atoms with Crippen LogP contribution in [-0.4, -0.2) is 25.3 Å². The number of nitrogens with one attached hydrogen (secondary N) is 1. The van der Waals surface area contributed by atoms with E-state index in [9.17, 15) is 22.0 Å². The molecule has 94 valence electrons. The van der Waals surface area contributed by atoms with E-state index in [0.29, 0.717) is 0 Å². The number of halogens is 2. The van der Waals surface area contributed by atoms with Crippen LogP contribution in [0.15, 0.2) is 30.3 Å². The molecule has 0 bridgehead atoms. The first-order chi connectivity index (χ1) is 7.84. The maximum absolute atomic E-state index is 12.1. The molecule has 0 radical (unpaired) electrons. The molecule has 0 aliphatic heterocycles. The van der Waals surface area contributed by atoms with Crippen molar-refractivity contribution >= 4 is 16.0 Å². The number of benzene rings is 1. The van der Waals surface area contributed by atoms with E-state index in [1.807, 2.05) is 0 Å². The Morgan fingerprint density at radius 3 is 2.18 bits per heavy atom. The molecule has 0 aliphatic rings. The lowest BCUT2D eigenvalue weighted by Crippen LogP contribution is -2.37. The van der Waals surface area contributed by atoms with Crippen LogP contribution in [0.4, 0.5) is 8.78 Å². The summed E-state index contributed by atoms with van der Waals surface area (Å²) in [4.78, 5) is 10.8. The highest BCUT2D eigenvalue weighted by atomic mass is 32.2. The fourth-order valence-electron chi connectivity index (χ4n) is 1.12. The fraction of sp³-hybridized carbons (Fsp3) is 0.222. The van der Waals surface area contributed by atoms with E-state index in [1.165, 1.54) is 29.0 Å². The van der Waals surface area contributed by atoms with Crippen LogP contribution in [-0.2, 0) is 14.8 Å². The van der Waals surface area contributed by atoms with Crippen molar-refractivity contribution in [3.05, 3.63) is 35.9 Å². The van der Waals surface area contributed by atoms with Gasteiger partial charge in [0, 0.05) is 0 Å². The van der Waals surface area contributed by atoms with Gasteiger partial charge >= 0.3 is 11.7 Å². The molecule has 0 saturated heterocycles. The summed E-state index contributed by atoms with van der Waals surface area (Å²) in [6, 6.07) is 5.46. The lowest BCUT2D eigenvalue weighted by molar-refractivity contribution is -0.139. The molecule has 1 rings (SSSR count). The number of carboxylic acids is 1. The maximum atomic E-state index is 12.1. The molecule has 1 aromatic carbocycles. The minimum atomic E-state index is -4.95. The number of hydrogen-bond acceptors (Lipinski definition) is 3. The van der Waals surface area contributed by atoms with Gasteiger partial charge in [0.05, 0.1) is 0 Å². The number of aliphatic carboxylic acids is 1. The van der Waals surface area contributed by atoms with Crippen molar-refractivity contribution in [2.45, 2.75) is 11.8 Å². The summed E-state index contributed by atoms with van der Waals surface area (Å²) in [5.41, 5.74) is 0.0734. The topological polar surface area (TPSA) is 83.5 Å². The Kier molecular flexibility index (Phi) is 4.13. The van der Waals surface area contributed by atoms with Crippen LogP contribution >= 0.6 is 0 Å². The van der Waals surface area contributed by atoms with E-state index in [0.717, 1.165) is 0 Å². The van der Waals surface area contributed by atoms with Crippen molar-refractivity contribution in [2.24, 2.45) is 0 Å². The molecule has 0 spiro atoms. The van der Waals surface area contributed by atoms with Gasteiger partial charge < -0.3 is 5.11 Å². The number of hydrogen-bond donors (Lipinski definition) is 2. The lowest BCUT2D eigenvalue weighted by atomic mass is 10.1. The predicted molar refractivity (Wildman–Crippen MR) is 54.9 cm³/mol. The van der Waals surface area contributed by atoms with Crippen LogP contribution in [0.2, 0.25) is 0 Å². The van der Waals surface area contributed by atoms with Gasteiger partial charge in [0.25, 0.3) is 10.0 Å². The van der Waals surface area contributed by atoms with Crippen LogP contribution < -0.4 is 4.72 Å². The van der Waals surface area contributed by atoms with Gasteiger partial charge in [0.2, 0.25) is 0 Å². The average Bonchev–Trinajstić information content (AvgIpc) is 2.26. The summed E-state index contributed by atoms with van der Waals surface area (Å²) >= 11 is 0. The normalized spacial score (nSPS) is 13.6. The van der Waals surface area contributed by atoms with Crippen LogP contribution in [0, 0.1) is 0 Å². The van der Waals surface area contributed by atoms with Gasteiger partial charge in [0.1, 0.15) is 6.04 Å². The molecule has 0 aliphatic carbocycles. The van der Waals surface area contributed by atoms with Crippen LogP contribution in [0.1, 0.15) is 11.6 Å². The summed E-state index contributed by atoms with van der Waals surface area (Å²) in [6.45, 7) is 0. The first-order valence-corrected chi connectivity index (χ1v) is 5.96. The molecule has 0 heterocycles. The molecule has 0 fully saturated rings. The molecular formula is C9H9F2NO4S. The van der Waals surface area contributed by atoms with E-state index in [-0.39, 0.29) is 5.56 Å². The van der Waals surface area contributed by atoms with Crippen LogP contribution in [0.5, 0.6) is 0 Å². The molecule has 1 aromatic rings. The van der Waals surface area contributed by atoms with Crippen LogP contribution in [0.3, 0.4) is 0 Å². The van der Waals surface area contributed by atoms with E-state index in [2.05, 4.69) is 0 Å². The first kappa shape index (κ1) is 13.5. The second kappa shape index (κ2) is 5.19. The summed E-state index contributed by atoms with van der Waals surface area (Å²) in [5.74, 6) is -5.23. The van der Waals surface area contributed by atoms with Crippen molar-refractivity contribution in [3.8, 4) is 0 Å². The molecule has 17 heavy (non-hydrogen) atoms. The van der Waals surface area contributed by atoms with E-state index >= 15 is 0 Å². The maximum Gasteiger partial charge on any atom is 0.350 e. The third-order valence-corrected chi connectivity index (χ3v) is 2.93. The van der Waals surface area contributed by atoms with Gasteiger partial charge in [-0.3, -0.25) is 4.79 Å². The second-order valence-electron chi connectivity index (χ2n) is 3.11. The number of alkyl halides is 2. The quantitative estimate of drug-likeness (QED) is 0.830. The number of carboxylic acid groups (broad SMARTS) is 1. The van der Waals surface area contributed by atoms with Gasteiger partial charge in [-0.25, -0.2) is 8.42 Å². The number of carbonyl (C=O) groups is 1. The Morgan fingerprint density at radius 2 is 1.76 bits per heavy atom. The minimum absolute atomic E-state index is 0.0734. The minimum Gasteiger partial charge on any atom is -0.480 e. The van der Waals surface area contributed by atoms with Crippen molar-refractivity contribution < 1.29 is 27.1 Å². The largest absolute Gasteiger partial charge is 0.480 e. The van der Waals surface area contributed by atoms with E-state index in [1.54, 1.807) is 6.07 Å². The summed E-state index contributed by atoms with van der Waals surface area (Å²) in [6.07, 6.45) is 0. The lowest BCUT2D eigenvalue weighted by Gasteiger charge is -2.14. The fourth-order valence-corrected chi connectivity index (χ4v) is 1.79. The Balaban J connectivity index is 3.02. The molecule has 0 saturated carbocycles. The Bertz CT molecular complexity index is 489. The third-order valence-electron chi connectivity index (χ3n) is 1.90. The number of sulfonamides is 1. The van der Waals surface area contributed by atoms with Gasteiger partial charge in [-0.2, -0.15) is 13.5 Å². The van der Waals surface area contributed by atoms with Crippen molar-refractivity contribution in [2.75, 3.05) is 0 Å². The molecule has 0 aromatic heterocycles. The zero-order valence-electron chi connectivity index (χ0n) is 8.38. The Hall–Kier alpha value is -1.54. The van der Waals surface area contributed by atoms with Crippen molar-refractivity contribution in [1.29, 1.82) is 0 Å². The summed E-state index contributed by atoms with van der Waals surface area (Å²) in [7, 11) is -4.95. The Labute approximate surface area is 96.1 Å². The molecule has 5 nitrogen and oxygen atoms in total. The van der Waals surface area contributed by atoms with Gasteiger partial charge in [-0.15, -0.1) is 0 Å². The Morgan fingerprint density at radius 1 is 1.24 bits per heavy atom. The smallest absolute Gasteiger partial charge is 0.350 e. The third kappa shape index (κ3) is 3.46. The van der Waals surface area contributed by atoms with Gasteiger partial charge in [0.15, 0.2) is 0 Å². The SMILES string of the molecule is O=C(O)C(NS(=O)(=O)C(F)F)c1ccccc1. The average molecular weight is 265 g/mol. The highest BCUT2D eigenvalue weighted by Gasteiger charge is 2.31. The van der Waals surface area contributed by atoms with E-state index in [4.69, 9.17) is 5.11 Å². The van der Waals surface area contributed by atoms with Gasteiger partial charge in [-0.05, 0) is 5.56 Å². The molecule has 0 amide bonds. The molecule has 2 N–H and O–H groups in total. The zero-order valence-corrected chi connectivity index (χ0v) is 9.19. The van der Waals surface area contributed by atoms with Crippen molar-refractivity contribution in [1.82, 2.24) is 4.72 Å². The summed E-state index contributed by atoms with van der Waals surface area (Å²) in [5, 5.41) is 8.80. The molecule has 8 heteroatoms. The standard InChI is InChI=1S/C9H9F2NO4S/c10-9(11)17(15,16)12-7(8(13)14)6-4-2-1-3-5-6/h1-5,7,9,12H,(H,13,14). The van der Waals surface area contributed by atoms with Gasteiger partial charge in [-0.1, -0.05) is 30.3 Å². The van der Waals surface area contributed by atoms with Crippen LogP contribution in [0.25, 0.3) is 0 Å². The molecule has 1 atom stereocenters.